The summed E-state index contributed by atoms with van der Waals surface area (Å²) in [5.41, 5.74) is 1.28. The predicted octanol–water partition coefficient (Wildman–Crippen LogP) is 3.03. The van der Waals surface area contributed by atoms with E-state index >= 15 is 0 Å². The maximum atomic E-state index is 13.4. The van der Waals surface area contributed by atoms with Crippen LogP contribution in [0.25, 0.3) is 0 Å². The molecule has 1 N–H and O–H groups in total. The fourth-order valence-corrected chi connectivity index (χ4v) is 4.35. The van der Waals surface area contributed by atoms with Crippen molar-refractivity contribution in [3.8, 4) is 11.5 Å². The van der Waals surface area contributed by atoms with Gasteiger partial charge in [-0.15, -0.1) is 0 Å². The molecule has 0 spiro atoms. The lowest BCUT2D eigenvalue weighted by Gasteiger charge is -2.45. The first-order valence-electron chi connectivity index (χ1n) is 10.5. The smallest absolute Gasteiger partial charge is 0.278 e. The number of nitrogens with zero attached hydrogens (tertiary/aromatic N) is 3. The summed E-state index contributed by atoms with van der Waals surface area (Å²) in [4.78, 5) is 27.2. The predicted molar refractivity (Wildman–Crippen MR) is 120 cm³/mol. The fraction of sp³-hybridized carbons (Fsp3) is 0.200. The Morgan fingerprint density at radius 2 is 1.75 bits per heavy atom. The van der Waals surface area contributed by atoms with Gasteiger partial charge in [-0.3, -0.25) is 19.3 Å². The van der Waals surface area contributed by atoms with Crippen LogP contribution in [0.15, 0.2) is 83.8 Å². The van der Waals surface area contributed by atoms with E-state index in [0.717, 1.165) is 16.9 Å². The zero-order valence-corrected chi connectivity index (χ0v) is 17.6. The average Bonchev–Trinajstić information content (AvgIpc) is 2.83. The van der Waals surface area contributed by atoms with Crippen LogP contribution >= 0.6 is 0 Å². The van der Waals surface area contributed by atoms with Gasteiger partial charge in [-0.1, -0.05) is 54.6 Å². The van der Waals surface area contributed by atoms with Gasteiger partial charge >= 0.3 is 0 Å². The zero-order valence-electron chi connectivity index (χ0n) is 17.6. The first-order chi connectivity index (χ1) is 15.6. The van der Waals surface area contributed by atoms with Crippen molar-refractivity contribution in [3.63, 3.8) is 0 Å². The van der Waals surface area contributed by atoms with Gasteiger partial charge in [-0.25, -0.2) is 0 Å². The molecule has 5 rings (SSSR count). The molecule has 3 heterocycles. The largest absolute Gasteiger partial charge is 0.502 e. The molecule has 0 saturated carbocycles. The lowest BCUT2D eigenvalue weighted by molar-refractivity contribution is 0.0643. The molecule has 2 bridgehead atoms. The Balaban J connectivity index is 1.81. The molecule has 2 atom stereocenters. The Bertz CT molecular complexity index is 1250. The van der Waals surface area contributed by atoms with E-state index in [4.69, 9.17) is 4.74 Å². The minimum absolute atomic E-state index is 0.0393. The lowest BCUT2D eigenvalue weighted by atomic mass is 9.97. The van der Waals surface area contributed by atoms with E-state index in [1.54, 1.807) is 15.8 Å². The highest BCUT2D eigenvalue weighted by Crippen LogP contribution is 2.37. The van der Waals surface area contributed by atoms with Crippen LogP contribution in [0.5, 0.6) is 11.5 Å². The van der Waals surface area contributed by atoms with Gasteiger partial charge in [0, 0.05) is 23.9 Å². The van der Waals surface area contributed by atoms with Crippen LogP contribution in [0.2, 0.25) is 0 Å². The zero-order chi connectivity index (χ0) is 22.2. The molecular weight excluding hydrogens is 406 g/mol. The van der Waals surface area contributed by atoms with Crippen molar-refractivity contribution in [2.75, 3.05) is 18.3 Å². The summed E-state index contributed by atoms with van der Waals surface area (Å²) >= 11 is 0. The summed E-state index contributed by atoms with van der Waals surface area (Å²) in [7, 11) is 0. The highest BCUT2D eigenvalue weighted by Gasteiger charge is 2.38. The second-order valence-electron chi connectivity index (χ2n) is 7.91. The summed E-state index contributed by atoms with van der Waals surface area (Å²) in [6.07, 6.45) is 5.33. The maximum absolute atomic E-state index is 13.4. The molecule has 0 aliphatic carbocycles. The van der Waals surface area contributed by atoms with Crippen molar-refractivity contribution in [2.24, 2.45) is 0 Å². The Labute approximate surface area is 185 Å². The molecule has 2 aliphatic heterocycles. The van der Waals surface area contributed by atoms with E-state index in [-0.39, 0.29) is 24.4 Å². The molecule has 7 nitrogen and oxygen atoms in total. The van der Waals surface area contributed by atoms with Crippen molar-refractivity contribution < 1.29 is 14.6 Å². The molecule has 32 heavy (non-hydrogen) atoms. The molecule has 0 saturated heterocycles. The van der Waals surface area contributed by atoms with Gasteiger partial charge in [0.1, 0.15) is 25.1 Å². The van der Waals surface area contributed by atoms with E-state index in [2.05, 4.69) is 0 Å². The van der Waals surface area contributed by atoms with Gasteiger partial charge in [-0.2, -0.15) is 0 Å². The van der Waals surface area contributed by atoms with E-state index in [9.17, 15) is 14.7 Å². The summed E-state index contributed by atoms with van der Waals surface area (Å²) < 4.78 is 7.70. The average molecular weight is 429 g/mol. The van der Waals surface area contributed by atoms with E-state index in [1.807, 2.05) is 78.7 Å². The Kier molecular flexibility index (Phi) is 4.93. The molecule has 1 amide bonds. The number of benzene rings is 2. The van der Waals surface area contributed by atoms with Crippen molar-refractivity contribution in [2.45, 2.75) is 19.0 Å². The highest BCUT2D eigenvalue weighted by atomic mass is 16.5. The quantitative estimate of drug-likeness (QED) is 0.602. The molecular formula is C25H23N3O4. The fourth-order valence-electron chi connectivity index (χ4n) is 4.35. The number of carbonyl (C=O) groups excluding carboxylic acids is 1. The summed E-state index contributed by atoms with van der Waals surface area (Å²) in [6.45, 7) is 2.53. The van der Waals surface area contributed by atoms with E-state index < -0.39 is 17.1 Å². The van der Waals surface area contributed by atoms with Crippen molar-refractivity contribution in [1.82, 2.24) is 9.58 Å². The third-order valence-corrected chi connectivity index (χ3v) is 5.96. The van der Waals surface area contributed by atoms with Crippen molar-refractivity contribution in [1.29, 1.82) is 0 Å². The van der Waals surface area contributed by atoms with Crippen molar-refractivity contribution >= 4 is 5.91 Å². The topological polar surface area (TPSA) is 75.0 Å². The molecule has 1 aromatic heterocycles. The van der Waals surface area contributed by atoms with Crippen LogP contribution in [0.4, 0.5) is 0 Å². The number of para-hydroxylation sites is 1. The normalized spacial score (nSPS) is 21.1. The number of aromatic hydroxyl groups is 1. The number of pyridine rings is 1. The van der Waals surface area contributed by atoms with Crippen LogP contribution in [0.3, 0.4) is 0 Å². The third kappa shape index (κ3) is 3.22. The van der Waals surface area contributed by atoms with Gasteiger partial charge in [0.05, 0.1) is 0 Å². The number of rotatable bonds is 1. The summed E-state index contributed by atoms with van der Waals surface area (Å²) in [5, 5.41) is 12.6. The molecule has 7 heteroatoms. The molecule has 3 aromatic rings. The van der Waals surface area contributed by atoms with Gasteiger partial charge in [0.15, 0.2) is 11.4 Å². The summed E-state index contributed by atoms with van der Waals surface area (Å²) in [5.74, 6) is -0.209. The minimum atomic E-state index is -0.584. The molecule has 2 aliphatic rings. The second-order valence-corrected chi connectivity index (χ2v) is 7.91. The van der Waals surface area contributed by atoms with Gasteiger partial charge in [-0.05, 0) is 24.6 Å². The molecule has 162 valence electrons. The van der Waals surface area contributed by atoms with Crippen LogP contribution in [0, 0.1) is 0 Å². The number of carbonyl (C=O) groups is 1. The standard InChI is InChI=1S/C25H23N3O4/c1-17-8-7-15-32-21-12-6-5-11-19(21)22(18-9-3-2-4-10-18)28-16-26(17)25(31)23-24(30)20(29)13-14-27(23)28/h2-14,17,22,30H,15-16H2,1H3/b8-7-/t17-,22+/m0/s1. The van der Waals surface area contributed by atoms with Gasteiger partial charge < -0.3 is 14.7 Å². The second kappa shape index (κ2) is 7.92. The number of fused-ring (bicyclic) bond motifs is 5. The number of hydrogen-bond donors (Lipinski definition) is 1. The van der Waals surface area contributed by atoms with Crippen LogP contribution in [-0.4, -0.2) is 39.9 Å². The van der Waals surface area contributed by atoms with Gasteiger partial charge in [0.25, 0.3) is 5.91 Å². The summed E-state index contributed by atoms with van der Waals surface area (Å²) in [6, 6.07) is 18.4. The first kappa shape index (κ1) is 19.9. The van der Waals surface area contributed by atoms with Crippen LogP contribution in [-0.2, 0) is 0 Å². The number of amides is 1. The van der Waals surface area contributed by atoms with Gasteiger partial charge in [0.2, 0.25) is 5.43 Å². The highest BCUT2D eigenvalue weighted by molar-refractivity contribution is 5.96. The Morgan fingerprint density at radius 3 is 2.56 bits per heavy atom. The van der Waals surface area contributed by atoms with E-state index in [1.165, 1.54) is 6.07 Å². The minimum Gasteiger partial charge on any atom is -0.502 e. The number of aromatic nitrogens is 1. The molecule has 2 aromatic carbocycles. The molecule has 0 fully saturated rings. The SMILES string of the molecule is C[C@H]1/C=C\COc2ccccc2[C@@H](c2ccccc2)N2CN1C(=O)c1c(O)c(=O)ccn12. The third-order valence-electron chi connectivity index (χ3n) is 5.96. The monoisotopic (exact) mass is 429 g/mol. The van der Waals surface area contributed by atoms with E-state index in [0.29, 0.717) is 6.61 Å². The number of ether oxygens (including phenoxy) is 1. The lowest BCUT2D eigenvalue weighted by Crippen LogP contribution is -2.57. The Hall–Kier alpha value is -4.00. The van der Waals surface area contributed by atoms with Crippen LogP contribution < -0.4 is 15.2 Å². The van der Waals surface area contributed by atoms with Crippen LogP contribution in [0.1, 0.15) is 34.6 Å². The van der Waals surface area contributed by atoms with Crippen molar-refractivity contribution in [3.05, 3.63) is 106 Å². The first-order valence-corrected chi connectivity index (χ1v) is 10.5. The number of hydrogen-bond acceptors (Lipinski definition) is 5. The molecule has 0 radical (unpaired) electrons. The molecule has 0 unspecified atom stereocenters. The Morgan fingerprint density at radius 1 is 1.00 bits per heavy atom. The maximum Gasteiger partial charge on any atom is 0.278 e.